The number of carbonyl (C=O) groups is 2. The van der Waals surface area contributed by atoms with Crippen LogP contribution in [-0.4, -0.2) is 31.4 Å². The van der Waals surface area contributed by atoms with Crippen molar-refractivity contribution in [1.29, 1.82) is 0 Å². The zero-order valence-corrected chi connectivity index (χ0v) is 19.4. The monoisotopic (exact) mass is 448 g/mol. The molecule has 0 aliphatic carbocycles. The second-order valence-corrected chi connectivity index (χ2v) is 9.62. The molecule has 0 saturated carbocycles. The van der Waals surface area contributed by atoms with Crippen molar-refractivity contribution in [3.8, 4) is 21.8 Å². The van der Waals surface area contributed by atoms with E-state index in [0.717, 1.165) is 33.1 Å². The van der Waals surface area contributed by atoms with Gasteiger partial charge < -0.3 is 10.6 Å². The second-order valence-electron chi connectivity index (χ2n) is 8.59. The molecule has 0 radical (unpaired) electrons. The summed E-state index contributed by atoms with van der Waals surface area (Å²) in [4.78, 5) is 33.4. The number of thiazole rings is 1. The molecule has 0 aliphatic heterocycles. The molecule has 8 nitrogen and oxygen atoms in total. The van der Waals surface area contributed by atoms with Crippen molar-refractivity contribution in [3.05, 3.63) is 48.3 Å². The van der Waals surface area contributed by atoms with Crippen molar-refractivity contribution < 1.29 is 9.59 Å². The lowest BCUT2D eigenvalue weighted by atomic mass is 9.95. The number of amides is 2. The quantitative estimate of drug-likeness (QED) is 0.468. The van der Waals surface area contributed by atoms with E-state index < -0.39 is 5.41 Å². The molecule has 9 heteroatoms. The zero-order valence-electron chi connectivity index (χ0n) is 18.6. The number of benzene rings is 1. The number of hydrogen-bond acceptors (Lipinski definition) is 6. The summed E-state index contributed by atoms with van der Waals surface area (Å²) in [7, 11) is 0. The number of aryl methyl sites for hydroxylation is 1. The summed E-state index contributed by atoms with van der Waals surface area (Å²) >= 11 is 1.36. The first-order valence-electron chi connectivity index (χ1n) is 10.1. The van der Waals surface area contributed by atoms with Crippen molar-refractivity contribution in [1.82, 2.24) is 19.6 Å². The van der Waals surface area contributed by atoms with Crippen LogP contribution < -0.4 is 10.6 Å². The molecular formula is C23H24N6O2S. The molecule has 4 aromatic rings. The minimum Gasteiger partial charge on any atom is -0.325 e. The highest BCUT2D eigenvalue weighted by Crippen LogP contribution is 2.29. The normalized spacial score (nSPS) is 11.5. The van der Waals surface area contributed by atoms with Gasteiger partial charge in [0, 0.05) is 29.8 Å². The number of nitrogens with one attached hydrogen (secondary N) is 2. The van der Waals surface area contributed by atoms with Gasteiger partial charge >= 0.3 is 0 Å². The van der Waals surface area contributed by atoms with E-state index in [2.05, 4.69) is 25.7 Å². The maximum Gasteiger partial charge on any atom is 0.229 e. The molecule has 0 aliphatic rings. The maximum absolute atomic E-state index is 12.4. The molecule has 0 spiro atoms. The van der Waals surface area contributed by atoms with Gasteiger partial charge in [-0.2, -0.15) is 5.10 Å². The molecule has 0 bridgehead atoms. The fourth-order valence-corrected chi connectivity index (χ4v) is 3.81. The van der Waals surface area contributed by atoms with Crippen LogP contribution in [0.3, 0.4) is 0 Å². The molecule has 32 heavy (non-hydrogen) atoms. The number of aromatic nitrogens is 4. The van der Waals surface area contributed by atoms with E-state index in [4.69, 9.17) is 0 Å². The van der Waals surface area contributed by atoms with E-state index in [1.165, 1.54) is 18.3 Å². The molecule has 4 rings (SSSR count). The van der Waals surface area contributed by atoms with E-state index >= 15 is 0 Å². The number of fused-ring (bicyclic) bond motifs is 1. The van der Waals surface area contributed by atoms with Crippen LogP contribution in [0.4, 0.5) is 10.8 Å². The molecule has 3 heterocycles. The maximum atomic E-state index is 12.4. The van der Waals surface area contributed by atoms with Crippen LogP contribution >= 0.6 is 11.3 Å². The fourth-order valence-electron chi connectivity index (χ4n) is 2.98. The number of imidazole rings is 1. The van der Waals surface area contributed by atoms with Crippen LogP contribution in [-0.2, 0) is 9.59 Å². The Hall–Kier alpha value is -3.59. The average Bonchev–Trinajstić information content (AvgIpc) is 3.34. The highest BCUT2D eigenvalue weighted by atomic mass is 32.1. The summed E-state index contributed by atoms with van der Waals surface area (Å²) in [5.74, 6) is -0.202. The molecular weight excluding hydrogens is 424 g/mol. The minimum atomic E-state index is -0.484. The Morgan fingerprint density at radius 1 is 1.06 bits per heavy atom. The summed E-state index contributed by atoms with van der Waals surface area (Å²) in [6.07, 6.45) is 3.54. The van der Waals surface area contributed by atoms with Crippen LogP contribution in [0.15, 0.2) is 42.7 Å². The van der Waals surface area contributed by atoms with Gasteiger partial charge in [0.2, 0.25) is 11.8 Å². The topological polar surface area (TPSA) is 101 Å². The van der Waals surface area contributed by atoms with E-state index in [1.807, 2.05) is 64.2 Å². The first kappa shape index (κ1) is 21.6. The SMILES string of the molecule is CC(=O)Nc1ncc(-c2ccc3nc(-c4ccc(C)c(NC(=O)C(C)(C)C)c4)cn3n2)s1. The molecule has 2 amide bonds. The van der Waals surface area contributed by atoms with Gasteiger partial charge in [-0.05, 0) is 30.7 Å². The van der Waals surface area contributed by atoms with Gasteiger partial charge in [0.15, 0.2) is 10.8 Å². The number of nitrogens with zero attached hydrogens (tertiary/aromatic N) is 4. The minimum absolute atomic E-state index is 0.0396. The molecule has 0 fully saturated rings. The lowest BCUT2D eigenvalue weighted by Crippen LogP contribution is -2.27. The summed E-state index contributed by atoms with van der Waals surface area (Å²) in [6, 6.07) is 9.65. The van der Waals surface area contributed by atoms with Crippen molar-refractivity contribution in [2.45, 2.75) is 34.6 Å². The summed E-state index contributed by atoms with van der Waals surface area (Å²) in [6.45, 7) is 9.06. The van der Waals surface area contributed by atoms with E-state index in [0.29, 0.717) is 10.8 Å². The van der Waals surface area contributed by atoms with Gasteiger partial charge in [0.05, 0.1) is 16.8 Å². The fraction of sp³-hybridized carbons (Fsp3) is 0.261. The Balaban J connectivity index is 1.64. The smallest absolute Gasteiger partial charge is 0.229 e. The predicted molar refractivity (Wildman–Crippen MR) is 127 cm³/mol. The largest absolute Gasteiger partial charge is 0.325 e. The molecule has 0 unspecified atom stereocenters. The molecule has 164 valence electrons. The zero-order chi connectivity index (χ0) is 23.0. The number of anilines is 2. The van der Waals surface area contributed by atoms with Gasteiger partial charge in [-0.3, -0.25) is 9.59 Å². The van der Waals surface area contributed by atoms with Crippen molar-refractivity contribution >= 4 is 39.6 Å². The average molecular weight is 449 g/mol. The van der Waals surface area contributed by atoms with E-state index in [1.54, 1.807) is 10.7 Å². The lowest BCUT2D eigenvalue weighted by Gasteiger charge is -2.19. The van der Waals surface area contributed by atoms with Gasteiger partial charge in [-0.25, -0.2) is 14.5 Å². The molecule has 1 aromatic carbocycles. The van der Waals surface area contributed by atoms with Crippen molar-refractivity contribution in [3.63, 3.8) is 0 Å². The van der Waals surface area contributed by atoms with E-state index in [-0.39, 0.29) is 11.8 Å². The predicted octanol–water partition coefficient (Wildman–Crippen LogP) is 4.77. The number of carbonyl (C=O) groups excluding carboxylic acids is 2. The van der Waals surface area contributed by atoms with Gasteiger partial charge in [-0.15, -0.1) is 0 Å². The first-order valence-corrected chi connectivity index (χ1v) is 10.9. The van der Waals surface area contributed by atoms with Crippen LogP contribution in [0.1, 0.15) is 33.3 Å². The third kappa shape index (κ3) is 4.52. The Morgan fingerprint density at radius 2 is 1.84 bits per heavy atom. The van der Waals surface area contributed by atoms with Crippen LogP contribution in [0.5, 0.6) is 0 Å². The summed E-state index contributed by atoms with van der Waals surface area (Å²) < 4.78 is 1.72. The van der Waals surface area contributed by atoms with Crippen LogP contribution in [0, 0.1) is 12.3 Å². The standard InChI is InChI=1S/C23H24N6O2S/c1-13-6-7-15(10-17(13)27-21(31)23(3,4)5)18-12-29-20(26-18)9-8-16(28-29)19-11-24-22(32-19)25-14(2)30/h6-12H,1-5H3,(H,27,31)(H,24,25,30). The number of hydrogen-bond donors (Lipinski definition) is 2. The van der Waals surface area contributed by atoms with Gasteiger partial charge in [0.1, 0.15) is 5.69 Å². The molecule has 3 aromatic heterocycles. The van der Waals surface area contributed by atoms with Crippen LogP contribution in [0.2, 0.25) is 0 Å². The third-order valence-corrected chi connectivity index (χ3v) is 5.76. The molecule has 0 atom stereocenters. The second kappa shape index (κ2) is 8.16. The highest BCUT2D eigenvalue weighted by molar-refractivity contribution is 7.19. The molecule has 0 saturated heterocycles. The van der Waals surface area contributed by atoms with Crippen molar-refractivity contribution in [2.75, 3.05) is 10.6 Å². The third-order valence-electron chi connectivity index (χ3n) is 4.82. The lowest BCUT2D eigenvalue weighted by molar-refractivity contribution is -0.123. The summed E-state index contributed by atoms with van der Waals surface area (Å²) in [5.41, 5.74) is 4.34. The van der Waals surface area contributed by atoms with Gasteiger partial charge in [-0.1, -0.05) is 44.2 Å². The summed E-state index contributed by atoms with van der Waals surface area (Å²) in [5, 5.41) is 10.9. The highest BCUT2D eigenvalue weighted by Gasteiger charge is 2.22. The van der Waals surface area contributed by atoms with Crippen LogP contribution in [0.25, 0.3) is 27.5 Å². The molecule has 2 N–H and O–H groups in total. The Morgan fingerprint density at radius 3 is 2.56 bits per heavy atom. The van der Waals surface area contributed by atoms with Crippen molar-refractivity contribution in [2.24, 2.45) is 5.41 Å². The Kier molecular flexibility index (Phi) is 5.52. The van der Waals surface area contributed by atoms with E-state index in [9.17, 15) is 9.59 Å². The number of rotatable bonds is 4. The Labute approximate surface area is 189 Å². The van der Waals surface area contributed by atoms with Gasteiger partial charge in [0.25, 0.3) is 0 Å². The first-order chi connectivity index (χ1) is 15.1. The Bertz CT molecular complexity index is 1330.